The number of amides is 2. The zero-order chi connectivity index (χ0) is 14.1. The van der Waals surface area contributed by atoms with Crippen molar-refractivity contribution in [2.75, 3.05) is 19.6 Å². The molecule has 7 nitrogen and oxygen atoms in total. The Morgan fingerprint density at radius 2 is 1.89 bits per heavy atom. The van der Waals surface area contributed by atoms with E-state index in [1.165, 1.54) is 4.90 Å². The number of carbonyl (C=O) groups excluding carboxylic acids is 2. The molecule has 4 N–H and O–H groups in total. The maximum Gasteiger partial charge on any atom is 0.317 e. The summed E-state index contributed by atoms with van der Waals surface area (Å²) in [6.07, 6.45) is 1.79. The molecule has 0 aromatic carbocycles. The number of hydrogen-bond acceptors (Lipinski definition) is 4. The molecule has 0 aliphatic rings. The number of carboxylic acid groups (broad SMARTS) is 1. The Morgan fingerprint density at radius 1 is 1.28 bits per heavy atom. The first-order valence-electron chi connectivity index (χ1n) is 5.87. The normalized spacial score (nSPS) is 12.2. The molecule has 0 rings (SSSR count). The Kier molecular flexibility index (Phi) is 7.69. The molecule has 0 saturated carbocycles. The molecule has 0 radical (unpaired) electrons. The average Bonchev–Trinajstić information content (AvgIpc) is 2.14. The van der Waals surface area contributed by atoms with Crippen LogP contribution in [0, 0.1) is 0 Å². The van der Waals surface area contributed by atoms with Gasteiger partial charge in [-0.05, 0) is 13.3 Å². The molecule has 1 atom stereocenters. The van der Waals surface area contributed by atoms with Gasteiger partial charge in [0.1, 0.15) is 0 Å². The molecule has 104 valence electrons. The second-order valence-corrected chi connectivity index (χ2v) is 4.26. The lowest BCUT2D eigenvalue weighted by Gasteiger charge is -2.19. The summed E-state index contributed by atoms with van der Waals surface area (Å²) >= 11 is 0. The molecular weight excluding hydrogens is 238 g/mol. The molecule has 0 aromatic rings. The van der Waals surface area contributed by atoms with E-state index in [2.05, 4.69) is 5.32 Å². The van der Waals surface area contributed by atoms with Crippen molar-refractivity contribution in [1.82, 2.24) is 10.2 Å². The van der Waals surface area contributed by atoms with Crippen molar-refractivity contribution in [2.24, 2.45) is 5.73 Å². The van der Waals surface area contributed by atoms with Crippen molar-refractivity contribution in [3.05, 3.63) is 0 Å². The van der Waals surface area contributed by atoms with Gasteiger partial charge in [0.05, 0.1) is 19.6 Å². The average molecular weight is 259 g/mol. The van der Waals surface area contributed by atoms with E-state index < -0.39 is 18.4 Å². The maximum absolute atomic E-state index is 11.6. The fourth-order valence-corrected chi connectivity index (χ4v) is 1.61. The first kappa shape index (κ1) is 16.4. The molecule has 0 saturated heterocycles. The van der Waals surface area contributed by atoms with Crippen LogP contribution in [-0.2, 0) is 14.4 Å². The third-order valence-electron chi connectivity index (χ3n) is 2.23. The number of aliphatic carboxylic acids is 1. The summed E-state index contributed by atoms with van der Waals surface area (Å²) in [5, 5.41) is 11.4. The molecule has 2 amide bonds. The van der Waals surface area contributed by atoms with E-state index in [9.17, 15) is 14.4 Å². The van der Waals surface area contributed by atoms with E-state index in [4.69, 9.17) is 10.8 Å². The van der Waals surface area contributed by atoms with Crippen molar-refractivity contribution in [3.8, 4) is 0 Å². The second-order valence-electron chi connectivity index (χ2n) is 4.26. The van der Waals surface area contributed by atoms with Gasteiger partial charge in [-0.25, -0.2) is 0 Å². The number of nitrogens with two attached hydrogens (primary N) is 1. The van der Waals surface area contributed by atoms with Crippen LogP contribution in [-0.4, -0.2) is 53.5 Å². The number of hydrogen-bond donors (Lipinski definition) is 3. The van der Waals surface area contributed by atoms with Crippen molar-refractivity contribution in [3.63, 3.8) is 0 Å². The Bertz CT molecular complexity index is 291. The predicted molar refractivity (Wildman–Crippen MR) is 65.8 cm³/mol. The van der Waals surface area contributed by atoms with Gasteiger partial charge in [-0.1, -0.05) is 13.3 Å². The van der Waals surface area contributed by atoms with Gasteiger partial charge in [0.25, 0.3) is 0 Å². The van der Waals surface area contributed by atoms with E-state index in [1.54, 1.807) is 0 Å². The first-order chi connectivity index (χ1) is 8.35. The van der Waals surface area contributed by atoms with Crippen molar-refractivity contribution in [2.45, 2.75) is 32.7 Å². The lowest BCUT2D eigenvalue weighted by molar-refractivity contribution is -0.139. The van der Waals surface area contributed by atoms with Gasteiger partial charge in [0.15, 0.2) is 0 Å². The Morgan fingerprint density at radius 3 is 2.33 bits per heavy atom. The summed E-state index contributed by atoms with van der Waals surface area (Å²) in [4.78, 5) is 34.1. The minimum absolute atomic E-state index is 0.0303. The van der Waals surface area contributed by atoms with Gasteiger partial charge >= 0.3 is 5.97 Å². The van der Waals surface area contributed by atoms with Gasteiger partial charge in [-0.2, -0.15) is 0 Å². The highest BCUT2D eigenvalue weighted by atomic mass is 16.4. The standard InChI is InChI=1S/C11H21N3O4/c1-3-4-8(2)13-10(16)6-14(5-9(12)15)7-11(17)18/h8H,3-7H2,1-2H3,(H2,12,15)(H,13,16)(H,17,18). The summed E-state index contributed by atoms with van der Waals surface area (Å²) in [6.45, 7) is 3.09. The van der Waals surface area contributed by atoms with Crippen LogP contribution in [0.2, 0.25) is 0 Å². The zero-order valence-corrected chi connectivity index (χ0v) is 10.8. The smallest absolute Gasteiger partial charge is 0.317 e. The summed E-state index contributed by atoms with van der Waals surface area (Å²) in [7, 11) is 0. The molecule has 0 aliphatic carbocycles. The molecule has 0 aliphatic heterocycles. The summed E-state index contributed by atoms with van der Waals surface area (Å²) < 4.78 is 0. The molecule has 1 unspecified atom stereocenters. The van der Waals surface area contributed by atoms with Crippen LogP contribution in [0.15, 0.2) is 0 Å². The molecule has 18 heavy (non-hydrogen) atoms. The second kappa shape index (κ2) is 8.46. The van der Waals surface area contributed by atoms with Crippen LogP contribution in [0.5, 0.6) is 0 Å². The van der Waals surface area contributed by atoms with Gasteiger partial charge in [-0.15, -0.1) is 0 Å². The Balaban J connectivity index is 4.25. The fraction of sp³-hybridized carbons (Fsp3) is 0.727. The van der Waals surface area contributed by atoms with Crippen LogP contribution in [0.3, 0.4) is 0 Å². The highest BCUT2D eigenvalue weighted by Gasteiger charge is 2.16. The van der Waals surface area contributed by atoms with Crippen LogP contribution in [0.1, 0.15) is 26.7 Å². The molecule has 0 aromatic heterocycles. The molecule has 7 heteroatoms. The summed E-state index contributed by atoms with van der Waals surface area (Å²) in [6, 6.07) is 0.0303. The number of primary amides is 1. The minimum Gasteiger partial charge on any atom is -0.480 e. The quantitative estimate of drug-likeness (QED) is 0.500. The lowest BCUT2D eigenvalue weighted by atomic mass is 10.2. The number of nitrogens with one attached hydrogen (secondary N) is 1. The monoisotopic (exact) mass is 259 g/mol. The van der Waals surface area contributed by atoms with Gasteiger partial charge in [0.2, 0.25) is 11.8 Å². The van der Waals surface area contributed by atoms with Crippen molar-refractivity contribution < 1.29 is 19.5 Å². The highest BCUT2D eigenvalue weighted by Crippen LogP contribution is 1.95. The van der Waals surface area contributed by atoms with E-state index in [0.29, 0.717) is 0 Å². The number of rotatable bonds is 9. The van der Waals surface area contributed by atoms with Gasteiger partial charge < -0.3 is 16.2 Å². The van der Waals surface area contributed by atoms with Gasteiger partial charge in [0, 0.05) is 6.04 Å². The summed E-state index contributed by atoms with van der Waals surface area (Å²) in [5.41, 5.74) is 4.99. The molecular formula is C11H21N3O4. The van der Waals surface area contributed by atoms with E-state index in [0.717, 1.165) is 12.8 Å². The number of nitrogens with zero attached hydrogens (tertiary/aromatic N) is 1. The molecule has 0 spiro atoms. The van der Waals surface area contributed by atoms with E-state index in [1.807, 2.05) is 13.8 Å². The van der Waals surface area contributed by atoms with Crippen LogP contribution >= 0.6 is 0 Å². The molecule has 0 fully saturated rings. The van der Waals surface area contributed by atoms with Crippen LogP contribution in [0.4, 0.5) is 0 Å². The van der Waals surface area contributed by atoms with E-state index >= 15 is 0 Å². The fourth-order valence-electron chi connectivity index (χ4n) is 1.61. The minimum atomic E-state index is -1.11. The third kappa shape index (κ3) is 8.51. The predicted octanol–water partition coefficient (Wildman–Crippen LogP) is -0.837. The summed E-state index contributed by atoms with van der Waals surface area (Å²) in [5.74, 6) is -2.07. The third-order valence-corrected chi connectivity index (χ3v) is 2.23. The topological polar surface area (TPSA) is 113 Å². The maximum atomic E-state index is 11.6. The Labute approximate surface area is 106 Å². The zero-order valence-electron chi connectivity index (χ0n) is 10.8. The molecule has 0 bridgehead atoms. The van der Waals surface area contributed by atoms with Crippen molar-refractivity contribution >= 4 is 17.8 Å². The number of carbonyl (C=O) groups is 3. The SMILES string of the molecule is CCCC(C)NC(=O)CN(CC(N)=O)CC(=O)O. The van der Waals surface area contributed by atoms with Gasteiger partial charge in [-0.3, -0.25) is 19.3 Å². The first-order valence-corrected chi connectivity index (χ1v) is 5.87. The van der Waals surface area contributed by atoms with Crippen molar-refractivity contribution in [1.29, 1.82) is 0 Å². The highest BCUT2D eigenvalue weighted by molar-refractivity contribution is 5.81. The Hall–Kier alpha value is -1.63. The molecule has 0 heterocycles. The number of carboxylic acids is 1. The lowest BCUT2D eigenvalue weighted by Crippen LogP contribution is -2.45. The largest absolute Gasteiger partial charge is 0.480 e. The van der Waals surface area contributed by atoms with E-state index in [-0.39, 0.29) is 25.0 Å². The van der Waals surface area contributed by atoms with Crippen LogP contribution < -0.4 is 11.1 Å². The van der Waals surface area contributed by atoms with Crippen LogP contribution in [0.25, 0.3) is 0 Å².